The van der Waals surface area contributed by atoms with E-state index in [0.717, 1.165) is 63.5 Å². The Bertz CT molecular complexity index is 1640. The van der Waals surface area contributed by atoms with Crippen LogP contribution in [0.15, 0.2) is 66.7 Å². The molecule has 7 nitrogen and oxygen atoms in total. The number of hydrogen-bond acceptors (Lipinski definition) is 5. The number of halogens is 1. The minimum Gasteiger partial charge on any atom is -0.340 e. The largest absolute Gasteiger partial charge is 0.340 e. The number of carbonyl (C=O) groups is 1. The monoisotopic (exact) mass is 510 g/mol. The van der Waals surface area contributed by atoms with Gasteiger partial charge >= 0.3 is 0 Å². The molecule has 1 amide bonds. The summed E-state index contributed by atoms with van der Waals surface area (Å²) in [5.74, 6) is 1.57. The second kappa shape index (κ2) is 9.48. The van der Waals surface area contributed by atoms with Gasteiger partial charge in [-0.05, 0) is 56.7 Å². The van der Waals surface area contributed by atoms with E-state index in [4.69, 9.17) is 16.6 Å². The molecular weight excluding hydrogens is 484 g/mol. The quantitative estimate of drug-likeness (QED) is 0.317. The van der Waals surface area contributed by atoms with E-state index in [1.807, 2.05) is 70.8 Å². The van der Waals surface area contributed by atoms with Crippen LogP contribution in [-0.2, 0) is 0 Å². The van der Waals surface area contributed by atoms with Gasteiger partial charge in [0.15, 0.2) is 11.5 Å². The van der Waals surface area contributed by atoms with Crippen molar-refractivity contribution in [1.29, 1.82) is 0 Å². The van der Waals surface area contributed by atoms with Crippen molar-refractivity contribution in [3.8, 4) is 11.4 Å². The number of aromatic nitrogens is 4. The summed E-state index contributed by atoms with van der Waals surface area (Å²) in [6, 6.07) is 21.7. The molecular formula is C29H27ClN6O. The van der Waals surface area contributed by atoms with Crippen LogP contribution >= 0.6 is 11.6 Å². The van der Waals surface area contributed by atoms with Crippen LogP contribution < -0.4 is 4.90 Å². The maximum Gasteiger partial charge on any atom is 0.253 e. The van der Waals surface area contributed by atoms with Gasteiger partial charge in [0.1, 0.15) is 0 Å². The summed E-state index contributed by atoms with van der Waals surface area (Å²) in [5, 5.41) is 10.7. The van der Waals surface area contributed by atoms with Gasteiger partial charge in [0.25, 0.3) is 5.91 Å². The highest BCUT2D eigenvalue weighted by molar-refractivity contribution is 6.31. The van der Waals surface area contributed by atoms with Crippen LogP contribution in [0, 0.1) is 13.8 Å². The van der Waals surface area contributed by atoms with Gasteiger partial charge in [0.2, 0.25) is 5.95 Å². The number of fused-ring (bicyclic) bond motifs is 3. The standard InChI is InChI=1S/C29H27ClN6O/c1-19-6-3-8-21(16-19)26-32-33-27-24-11-10-23(30)18-25(24)31-29(36(26)27)35-13-5-12-34(14-15-35)28(37)22-9-4-7-20(2)17-22/h3-4,6-11,16-18H,5,12-15H2,1-2H3. The lowest BCUT2D eigenvalue weighted by atomic mass is 10.1. The van der Waals surface area contributed by atoms with Gasteiger partial charge in [-0.1, -0.05) is 53.1 Å². The number of hydrogen-bond donors (Lipinski definition) is 0. The van der Waals surface area contributed by atoms with E-state index < -0.39 is 0 Å². The third-order valence-corrected chi connectivity index (χ3v) is 7.13. The zero-order valence-corrected chi connectivity index (χ0v) is 21.6. The van der Waals surface area contributed by atoms with Crippen LogP contribution in [0.1, 0.15) is 27.9 Å². The minimum atomic E-state index is 0.0682. The maximum absolute atomic E-state index is 13.3. The molecule has 0 N–H and O–H groups in total. The molecule has 6 rings (SSSR count). The molecule has 0 spiro atoms. The fraction of sp³-hybridized carbons (Fsp3) is 0.241. The Balaban J connectivity index is 1.42. The molecule has 3 aromatic carbocycles. The molecule has 0 radical (unpaired) electrons. The van der Waals surface area contributed by atoms with E-state index >= 15 is 0 Å². The van der Waals surface area contributed by atoms with E-state index in [9.17, 15) is 4.79 Å². The molecule has 0 bridgehead atoms. The number of amides is 1. The fourth-order valence-electron chi connectivity index (χ4n) is 5.06. The van der Waals surface area contributed by atoms with Gasteiger partial charge in [0.05, 0.1) is 5.52 Å². The van der Waals surface area contributed by atoms with Crippen LogP contribution in [0.25, 0.3) is 27.9 Å². The third-order valence-electron chi connectivity index (χ3n) is 6.89. The molecule has 5 aromatic rings. The molecule has 3 heterocycles. The lowest BCUT2D eigenvalue weighted by molar-refractivity contribution is 0.0767. The highest BCUT2D eigenvalue weighted by Crippen LogP contribution is 2.30. The summed E-state index contributed by atoms with van der Waals surface area (Å²) in [6.45, 7) is 6.78. The van der Waals surface area contributed by atoms with Crippen molar-refractivity contribution in [3.63, 3.8) is 0 Å². The molecule has 1 fully saturated rings. The summed E-state index contributed by atoms with van der Waals surface area (Å²) in [7, 11) is 0. The number of benzene rings is 3. The first kappa shape index (κ1) is 23.4. The molecule has 1 aliphatic rings. The van der Waals surface area contributed by atoms with E-state index in [2.05, 4.69) is 34.2 Å². The maximum atomic E-state index is 13.3. The van der Waals surface area contributed by atoms with Crippen molar-refractivity contribution in [2.24, 2.45) is 0 Å². The average molecular weight is 511 g/mol. The van der Waals surface area contributed by atoms with Gasteiger partial charge in [-0.25, -0.2) is 9.38 Å². The molecule has 1 aliphatic heterocycles. The van der Waals surface area contributed by atoms with Crippen molar-refractivity contribution < 1.29 is 4.79 Å². The van der Waals surface area contributed by atoms with E-state index in [1.54, 1.807) is 0 Å². The highest BCUT2D eigenvalue weighted by Gasteiger charge is 2.25. The third kappa shape index (κ3) is 4.40. The molecule has 1 saturated heterocycles. The lowest BCUT2D eigenvalue weighted by Gasteiger charge is -2.24. The van der Waals surface area contributed by atoms with Crippen LogP contribution in [-0.4, -0.2) is 56.6 Å². The average Bonchev–Trinajstić information content (AvgIpc) is 3.19. The second-order valence-electron chi connectivity index (χ2n) is 9.63. The summed E-state index contributed by atoms with van der Waals surface area (Å²) < 4.78 is 2.04. The SMILES string of the molecule is Cc1cccc(C(=O)N2CCCN(c3nc4cc(Cl)ccc4c4nnc(-c5cccc(C)c5)n34)CC2)c1. The first-order valence-corrected chi connectivity index (χ1v) is 12.9. The first-order valence-electron chi connectivity index (χ1n) is 12.5. The van der Waals surface area contributed by atoms with Gasteiger partial charge in [0, 0.05) is 47.7 Å². The number of aryl methyl sites for hydroxylation is 2. The fourth-order valence-corrected chi connectivity index (χ4v) is 5.22. The Hall–Kier alpha value is -3.97. The molecule has 0 saturated carbocycles. The van der Waals surface area contributed by atoms with Crippen LogP contribution in [0.3, 0.4) is 0 Å². The van der Waals surface area contributed by atoms with Crippen molar-refractivity contribution in [1.82, 2.24) is 24.5 Å². The smallest absolute Gasteiger partial charge is 0.253 e. The normalized spacial score (nSPS) is 14.4. The lowest BCUT2D eigenvalue weighted by Crippen LogP contribution is -2.36. The Morgan fingerprint density at radius 3 is 2.49 bits per heavy atom. The van der Waals surface area contributed by atoms with Crippen LogP contribution in [0.2, 0.25) is 5.02 Å². The van der Waals surface area contributed by atoms with Crippen molar-refractivity contribution in [2.45, 2.75) is 20.3 Å². The molecule has 186 valence electrons. The summed E-state index contributed by atoms with van der Waals surface area (Å²) in [5.41, 5.74) is 5.46. The molecule has 0 aliphatic carbocycles. The van der Waals surface area contributed by atoms with Gasteiger partial charge in [-0.15, -0.1) is 10.2 Å². The van der Waals surface area contributed by atoms with Crippen molar-refractivity contribution in [2.75, 3.05) is 31.1 Å². The van der Waals surface area contributed by atoms with Crippen LogP contribution in [0.5, 0.6) is 0 Å². The highest BCUT2D eigenvalue weighted by atomic mass is 35.5. The van der Waals surface area contributed by atoms with E-state index in [1.165, 1.54) is 0 Å². The molecule has 0 atom stereocenters. The number of rotatable bonds is 3. The molecule has 2 aromatic heterocycles. The minimum absolute atomic E-state index is 0.0682. The number of anilines is 1. The first-order chi connectivity index (χ1) is 18.0. The number of nitrogens with zero attached hydrogens (tertiary/aromatic N) is 6. The summed E-state index contributed by atoms with van der Waals surface area (Å²) >= 11 is 6.34. The summed E-state index contributed by atoms with van der Waals surface area (Å²) in [6.07, 6.45) is 0.830. The molecule has 8 heteroatoms. The van der Waals surface area contributed by atoms with E-state index in [0.29, 0.717) is 24.7 Å². The topological polar surface area (TPSA) is 66.6 Å². The van der Waals surface area contributed by atoms with E-state index in [-0.39, 0.29) is 5.91 Å². The molecule has 37 heavy (non-hydrogen) atoms. The van der Waals surface area contributed by atoms with Gasteiger partial charge < -0.3 is 9.80 Å². The predicted molar refractivity (Wildman–Crippen MR) is 147 cm³/mol. The van der Waals surface area contributed by atoms with Crippen molar-refractivity contribution >= 4 is 40.0 Å². The predicted octanol–water partition coefficient (Wildman–Crippen LogP) is 5.57. The second-order valence-corrected chi connectivity index (χ2v) is 10.1. The van der Waals surface area contributed by atoms with Gasteiger partial charge in [-0.3, -0.25) is 4.79 Å². The Morgan fingerprint density at radius 2 is 1.68 bits per heavy atom. The van der Waals surface area contributed by atoms with Gasteiger partial charge in [-0.2, -0.15) is 0 Å². The summed E-state index contributed by atoms with van der Waals surface area (Å²) in [4.78, 5) is 22.5. The Kier molecular flexibility index (Phi) is 6.00. The Labute approximate surface area is 220 Å². The zero-order chi connectivity index (χ0) is 25.5. The Morgan fingerprint density at radius 1 is 0.865 bits per heavy atom. The van der Waals surface area contributed by atoms with Crippen LogP contribution in [0.4, 0.5) is 5.95 Å². The van der Waals surface area contributed by atoms with Crippen molar-refractivity contribution in [3.05, 3.63) is 88.4 Å². The zero-order valence-electron chi connectivity index (χ0n) is 20.9. The number of carbonyl (C=O) groups excluding carboxylic acids is 1. The molecule has 0 unspecified atom stereocenters.